The molecule has 3 rings (SSSR count). The number of nitrogens with one attached hydrogen (secondary N) is 1. The summed E-state index contributed by atoms with van der Waals surface area (Å²) in [5, 5.41) is 2.62. The molecule has 9 heteroatoms. The monoisotopic (exact) mass is 399 g/mol. The van der Waals surface area contributed by atoms with Gasteiger partial charge in [0.25, 0.3) is 0 Å². The molecule has 0 spiro atoms. The number of piperidine rings is 1. The van der Waals surface area contributed by atoms with Gasteiger partial charge in [-0.2, -0.15) is 13.2 Å². The van der Waals surface area contributed by atoms with Crippen LogP contribution in [0, 0.1) is 0 Å². The number of alkyl halides is 3. The first-order chi connectivity index (χ1) is 13.3. The number of urea groups is 1. The summed E-state index contributed by atoms with van der Waals surface area (Å²) in [5.41, 5.74) is 5.14. The molecule has 2 heterocycles. The van der Waals surface area contributed by atoms with Crippen molar-refractivity contribution in [2.45, 2.75) is 25.1 Å². The summed E-state index contributed by atoms with van der Waals surface area (Å²) in [4.78, 5) is 17.6. The number of carbonyl (C=O) groups is 1. The van der Waals surface area contributed by atoms with Crippen LogP contribution in [0.5, 0.6) is 0 Å². The van der Waals surface area contributed by atoms with Gasteiger partial charge in [0.15, 0.2) is 0 Å². The Morgan fingerprint density at radius 1 is 1.18 bits per heavy atom. The van der Waals surface area contributed by atoms with E-state index in [1.807, 2.05) is 4.90 Å². The van der Waals surface area contributed by atoms with E-state index in [1.165, 1.54) is 12.1 Å². The molecule has 2 amide bonds. The molecular formula is C19H28F3N5O. The molecule has 0 bridgehead atoms. The Labute approximate surface area is 163 Å². The number of primary amides is 1. The molecule has 6 nitrogen and oxygen atoms in total. The minimum atomic E-state index is -4.31. The quantitative estimate of drug-likeness (QED) is 0.795. The van der Waals surface area contributed by atoms with Crippen molar-refractivity contribution in [2.75, 3.05) is 57.3 Å². The highest BCUT2D eigenvalue weighted by Gasteiger charge is 2.32. The number of halogens is 3. The topological polar surface area (TPSA) is 64.8 Å². The zero-order valence-electron chi connectivity index (χ0n) is 15.9. The highest BCUT2D eigenvalue weighted by molar-refractivity contribution is 5.71. The first kappa shape index (κ1) is 20.7. The maximum atomic E-state index is 12.9. The normalized spacial score (nSPS) is 22.2. The van der Waals surface area contributed by atoms with Gasteiger partial charge < -0.3 is 20.9 Å². The van der Waals surface area contributed by atoms with Crippen molar-refractivity contribution in [3.05, 3.63) is 29.8 Å². The van der Waals surface area contributed by atoms with Gasteiger partial charge >= 0.3 is 12.2 Å². The van der Waals surface area contributed by atoms with E-state index >= 15 is 0 Å². The Morgan fingerprint density at radius 3 is 2.61 bits per heavy atom. The lowest BCUT2D eigenvalue weighted by Crippen LogP contribution is -2.55. The summed E-state index contributed by atoms with van der Waals surface area (Å²) in [7, 11) is 0. The number of carbonyl (C=O) groups excluding carboxylic acids is 1. The van der Waals surface area contributed by atoms with Crippen molar-refractivity contribution < 1.29 is 18.0 Å². The van der Waals surface area contributed by atoms with Gasteiger partial charge in [-0.05, 0) is 37.6 Å². The number of hydrogen-bond acceptors (Lipinski definition) is 4. The summed E-state index contributed by atoms with van der Waals surface area (Å²) >= 11 is 0. The summed E-state index contributed by atoms with van der Waals surface area (Å²) < 4.78 is 38.8. The molecule has 0 aromatic heterocycles. The highest BCUT2D eigenvalue weighted by atomic mass is 19.4. The molecule has 2 aliphatic rings. The molecule has 3 N–H and O–H groups in total. The van der Waals surface area contributed by atoms with Gasteiger partial charge in [-0.25, -0.2) is 4.79 Å². The van der Waals surface area contributed by atoms with E-state index in [4.69, 9.17) is 5.73 Å². The van der Waals surface area contributed by atoms with E-state index in [0.29, 0.717) is 18.3 Å². The average Bonchev–Trinajstić information content (AvgIpc) is 2.68. The number of likely N-dealkylation sites (tertiary alicyclic amines) is 1. The number of nitrogens with two attached hydrogens (primary N) is 1. The predicted molar refractivity (Wildman–Crippen MR) is 102 cm³/mol. The number of piperazine rings is 1. The second-order valence-electron chi connectivity index (χ2n) is 7.46. The van der Waals surface area contributed by atoms with E-state index in [0.717, 1.165) is 64.7 Å². The van der Waals surface area contributed by atoms with E-state index in [2.05, 4.69) is 15.1 Å². The Balaban J connectivity index is 1.50. The smallest absolute Gasteiger partial charge is 0.369 e. The number of anilines is 1. The summed E-state index contributed by atoms with van der Waals surface area (Å²) in [5.74, 6) is 0. The summed E-state index contributed by atoms with van der Waals surface area (Å²) in [6.07, 6.45) is -2.08. The van der Waals surface area contributed by atoms with Crippen LogP contribution in [0.1, 0.15) is 18.4 Å². The average molecular weight is 399 g/mol. The third-order valence-corrected chi connectivity index (χ3v) is 5.58. The van der Waals surface area contributed by atoms with Crippen molar-refractivity contribution in [3.8, 4) is 0 Å². The van der Waals surface area contributed by atoms with Crippen LogP contribution in [0.3, 0.4) is 0 Å². The number of amides is 2. The van der Waals surface area contributed by atoms with Crippen LogP contribution in [0.2, 0.25) is 0 Å². The minimum Gasteiger partial charge on any atom is -0.369 e. The van der Waals surface area contributed by atoms with Gasteiger partial charge in [0, 0.05) is 57.5 Å². The van der Waals surface area contributed by atoms with Crippen LogP contribution < -0.4 is 16.0 Å². The van der Waals surface area contributed by atoms with Crippen molar-refractivity contribution in [1.29, 1.82) is 0 Å². The lowest BCUT2D eigenvalue weighted by Gasteiger charge is -2.44. The fraction of sp³-hybridized carbons (Fsp3) is 0.632. The molecule has 1 aromatic rings. The van der Waals surface area contributed by atoms with E-state index < -0.39 is 17.8 Å². The van der Waals surface area contributed by atoms with Crippen LogP contribution in [-0.2, 0) is 6.18 Å². The third kappa shape index (κ3) is 5.51. The van der Waals surface area contributed by atoms with Crippen molar-refractivity contribution in [2.24, 2.45) is 5.73 Å². The van der Waals surface area contributed by atoms with E-state index in [-0.39, 0.29) is 0 Å². The first-order valence-corrected chi connectivity index (χ1v) is 9.75. The lowest BCUT2D eigenvalue weighted by atomic mass is 10.0. The Hall–Kier alpha value is -2.00. The molecule has 1 atom stereocenters. The molecule has 0 radical (unpaired) electrons. The van der Waals surface area contributed by atoms with Crippen LogP contribution in [-0.4, -0.2) is 74.2 Å². The molecular weight excluding hydrogens is 371 g/mol. The van der Waals surface area contributed by atoms with Crippen molar-refractivity contribution in [3.63, 3.8) is 0 Å². The Kier molecular flexibility index (Phi) is 6.66. The van der Waals surface area contributed by atoms with Crippen LogP contribution in [0.15, 0.2) is 24.3 Å². The predicted octanol–water partition coefficient (Wildman–Crippen LogP) is 1.96. The number of nitrogens with zero attached hydrogens (tertiary/aromatic N) is 3. The lowest BCUT2D eigenvalue weighted by molar-refractivity contribution is -0.137. The second-order valence-corrected chi connectivity index (χ2v) is 7.46. The standard InChI is InChI=1S/C19H28F3N5O/c20-19(21,22)15-3-1-4-16(13-15)26-9-11-27(12-10-26)17-5-2-7-25(14-17)8-6-24-18(23)28/h1,3-4,13,17H,2,5-12,14H2,(H3,23,24,28). The molecule has 28 heavy (non-hydrogen) atoms. The Morgan fingerprint density at radius 2 is 1.93 bits per heavy atom. The maximum Gasteiger partial charge on any atom is 0.416 e. The second kappa shape index (κ2) is 9.00. The fourth-order valence-electron chi connectivity index (χ4n) is 4.09. The molecule has 2 aliphatic heterocycles. The van der Waals surface area contributed by atoms with Crippen LogP contribution >= 0.6 is 0 Å². The number of benzene rings is 1. The summed E-state index contributed by atoms with van der Waals surface area (Å²) in [6, 6.07) is 5.53. The van der Waals surface area contributed by atoms with Crippen molar-refractivity contribution >= 4 is 11.7 Å². The van der Waals surface area contributed by atoms with Gasteiger partial charge in [0.05, 0.1) is 5.56 Å². The zero-order chi connectivity index (χ0) is 20.1. The molecule has 1 aromatic carbocycles. The first-order valence-electron chi connectivity index (χ1n) is 9.75. The van der Waals surface area contributed by atoms with E-state index in [1.54, 1.807) is 6.07 Å². The van der Waals surface area contributed by atoms with Gasteiger partial charge in [-0.1, -0.05) is 6.07 Å². The maximum absolute atomic E-state index is 12.9. The number of hydrogen-bond donors (Lipinski definition) is 2. The zero-order valence-corrected chi connectivity index (χ0v) is 15.9. The molecule has 0 saturated carbocycles. The van der Waals surface area contributed by atoms with E-state index in [9.17, 15) is 18.0 Å². The van der Waals surface area contributed by atoms with Gasteiger partial charge in [-0.15, -0.1) is 0 Å². The fourth-order valence-corrected chi connectivity index (χ4v) is 4.09. The highest BCUT2D eigenvalue weighted by Crippen LogP contribution is 2.32. The number of rotatable bonds is 5. The molecule has 0 aliphatic carbocycles. The van der Waals surface area contributed by atoms with Gasteiger partial charge in [-0.3, -0.25) is 4.90 Å². The minimum absolute atomic E-state index is 0.450. The SMILES string of the molecule is NC(=O)NCCN1CCCC(N2CCN(c3cccc(C(F)(F)F)c3)CC2)C1. The molecule has 2 saturated heterocycles. The van der Waals surface area contributed by atoms with Gasteiger partial charge in [0.1, 0.15) is 0 Å². The Bertz CT molecular complexity index is 661. The largest absolute Gasteiger partial charge is 0.416 e. The van der Waals surface area contributed by atoms with Gasteiger partial charge in [0.2, 0.25) is 0 Å². The summed E-state index contributed by atoms with van der Waals surface area (Å²) in [6.45, 7) is 6.42. The van der Waals surface area contributed by atoms with Crippen LogP contribution in [0.25, 0.3) is 0 Å². The third-order valence-electron chi connectivity index (χ3n) is 5.58. The molecule has 1 unspecified atom stereocenters. The molecule has 156 valence electrons. The molecule has 2 fully saturated rings. The van der Waals surface area contributed by atoms with Crippen LogP contribution in [0.4, 0.5) is 23.7 Å². The van der Waals surface area contributed by atoms with Crippen molar-refractivity contribution in [1.82, 2.24) is 15.1 Å².